The maximum absolute atomic E-state index is 12.6. The molecule has 136 valence electrons. The molecule has 3 heterocycles. The summed E-state index contributed by atoms with van der Waals surface area (Å²) in [4.78, 5) is 14.9. The molecule has 0 aliphatic carbocycles. The molecule has 2 atom stereocenters. The largest absolute Gasteiger partial charge is 0.465 e. The van der Waals surface area contributed by atoms with E-state index in [4.69, 9.17) is 4.42 Å². The molecule has 1 aliphatic heterocycles. The summed E-state index contributed by atoms with van der Waals surface area (Å²) < 4.78 is 7.65. The van der Waals surface area contributed by atoms with Crippen molar-refractivity contribution in [1.29, 1.82) is 0 Å². The van der Waals surface area contributed by atoms with Gasteiger partial charge in [0.1, 0.15) is 11.5 Å². The quantitative estimate of drug-likeness (QED) is 0.924. The highest BCUT2D eigenvalue weighted by atomic mass is 16.3. The van der Waals surface area contributed by atoms with Gasteiger partial charge in [0.15, 0.2) is 0 Å². The summed E-state index contributed by atoms with van der Waals surface area (Å²) in [5.74, 6) is 2.52. The summed E-state index contributed by atoms with van der Waals surface area (Å²) in [6.45, 7) is 9.38. The molecule has 2 aromatic heterocycles. The summed E-state index contributed by atoms with van der Waals surface area (Å²) >= 11 is 0. The summed E-state index contributed by atoms with van der Waals surface area (Å²) in [6.07, 6.45) is 2.12. The van der Waals surface area contributed by atoms with Crippen LogP contribution in [-0.2, 0) is 11.8 Å². The number of hydrogen-bond donors (Lipinski definition) is 1. The van der Waals surface area contributed by atoms with E-state index in [-0.39, 0.29) is 11.9 Å². The molecule has 6 heteroatoms. The molecule has 2 aromatic rings. The van der Waals surface area contributed by atoms with Crippen LogP contribution in [0.4, 0.5) is 5.69 Å². The summed E-state index contributed by atoms with van der Waals surface area (Å²) in [5.41, 5.74) is 2.64. The normalized spacial score (nSPS) is 21.5. The summed E-state index contributed by atoms with van der Waals surface area (Å²) in [5, 5.41) is 7.40. The minimum Gasteiger partial charge on any atom is -0.465 e. The lowest BCUT2D eigenvalue weighted by Crippen LogP contribution is -2.41. The first-order valence-corrected chi connectivity index (χ1v) is 8.95. The topological polar surface area (TPSA) is 63.3 Å². The first-order valence-electron chi connectivity index (χ1n) is 8.95. The van der Waals surface area contributed by atoms with Gasteiger partial charge in [-0.15, -0.1) is 0 Å². The van der Waals surface area contributed by atoms with Crippen molar-refractivity contribution in [3.63, 3.8) is 0 Å². The zero-order valence-electron chi connectivity index (χ0n) is 15.8. The van der Waals surface area contributed by atoms with Crippen molar-refractivity contribution in [2.24, 2.45) is 13.0 Å². The molecule has 1 saturated heterocycles. The number of furan rings is 1. The van der Waals surface area contributed by atoms with Gasteiger partial charge in [0.05, 0.1) is 29.7 Å². The van der Waals surface area contributed by atoms with Crippen molar-refractivity contribution in [2.75, 3.05) is 18.4 Å². The zero-order valence-corrected chi connectivity index (χ0v) is 15.8. The third-order valence-corrected chi connectivity index (χ3v) is 5.19. The van der Waals surface area contributed by atoms with Crippen molar-refractivity contribution < 1.29 is 9.21 Å². The Kier molecular flexibility index (Phi) is 4.99. The van der Waals surface area contributed by atoms with Crippen LogP contribution in [0, 0.1) is 26.7 Å². The van der Waals surface area contributed by atoms with Crippen LogP contribution in [-0.4, -0.2) is 33.7 Å². The molecule has 0 radical (unpaired) electrons. The predicted molar refractivity (Wildman–Crippen MR) is 97.5 cm³/mol. The highest BCUT2D eigenvalue weighted by molar-refractivity contribution is 5.93. The number of carbonyl (C=O) groups excluding carboxylic acids is 1. The number of carbonyl (C=O) groups is 1. The zero-order chi connectivity index (χ0) is 18.1. The van der Waals surface area contributed by atoms with Crippen LogP contribution in [0.1, 0.15) is 48.7 Å². The van der Waals surface area contributed by atoms with Gasteiger partial charge in [0, 0.05) is 7.05 Å². The van der Waals surface area contributed by atoms with E-state index in [9.17, 15) is 4.79 Å². The Labute approximate surface area is 149 Å². The molecule has 0 spiro atoms. The van der Waals surface area contributed by atoms with E-state index >= 15 is 0 Å². The first kappa shape index (κ1) is 17.7. The average Bonchev–Trinajstić information content (AvgIpc) is 3.08. The molecule has 0 aromatic carbocycles. The van der Waals surface area contributed by atoms with E-state index in [1.807, 2.05) is 40.0 Å². The van der Waals surface area contributed by atoms with Gasteiger partial charge < -0.3 is 9.73 Å². The Balaban J connectivity index is 1.72. The predicted octanol–water partition coefficient (Wildman–Crippen LogP) is 3.35. The van der Waals surface area contributed by atoms with E-state index in [1.54, 1.807) is 4.68 Å². The second kappa shape index (κ2) is 7.04. The van der Waals surface area contributed by atoms with E-state index < -0.39 is 0 Å². The monoisotopic (exact) mass is 344 g/mol. The fourth-order valence-electron chi connectivity index (χ4n) is 3.63. The fraction of sp³-hybridized carbons (Fsp3) is 0.579. The molecule has 1 fully saturated rings. The van der Waals surface area contributed by atoms with Crippen LogP contribution in [0.2, 0.25) is 0 Å². The van der Waals surface area contributed by atoms with Gasteiger partial charge in [-0.3, -0.25) is 14.4 Å². The van der Waals surface area contributed by atoms with Gasteiger partial charge in [0.25, 0.3) is 0 Å². The SMILES string of the molecule is Cc1ccc([C@@H]2C[C@@H](C)CCN2CC(=O)Nc2c(C)nn(C)c2C)o1. The van der Waals surface area contributed by atoms with Gasteiger partial charge in [-0.1, -0.05) is 6.92 Å². The molecule has 25 heavy (non-hydrogen) atoms. The van der Waals surface area contributed by atoms with Gasteiger partial charge in [-0.05, 0) is 58.2 Å². The molecular weight excluding hydrogens is 316 g/mol. The number of anilines is 1. The second-order valence-corrected chi connectivity index (χ2v) is 7.28. The lowest BCUT2D eigenvalue weighted by molar-refractivity contribution is -0.118. The maximum atomic E-state index is 12.6. The average molecular weight is 344 g/mol. The molecule has 0 unspecified atom stereocenters. The number of rotatable bonds is 4. The van der Waals surface area contributed by atoms with Crippen molar-refractivity contribution in [3.05, 3.63) is 35.0 Å². The van der Waals surface area contributed by atoms with Crippen molar-refractivity contribution in [2.45, 2.75) is 46.6 Å². The lowest BCUT2D eigenvalue weighted by atomic mass is 9.91. The van der Waals surface area contributed by atoms with Crippen molar-refractivity contribution in [1.82, 2.24) is 14.7 Å². The smallest absolute Gasteiger partial charge is 0.238 e. The first-order chi connectivity index (χ1) is 11.8. The van der Waals surface area contributed by atoms with Gasteiger partial charge in [0.2, 0.25) is 5.91 Å². The minimum atomic E-state index is 0.00188. The lowest BCUT2D eigenvalue weighted by Gasteiger charge is -2.36. The van der Waals surface area contributed by atoms with Crippen LogP contribution in [0.5, 0.6) is 0 Å². The minimum absolute atomic E-state index is 0.00188. The standard InChI is InChI=1S/C19H28N4O2/c1-12-8-9-23(16(10-12)17-7-6-13(2)25-17)11-18(24)20-19-14(3)21-22(5)15(19)4/h6-7,12,16H,8-11H2,1-5H3,(H,20,24)/t12-,16-/m0/s1. The van der Waals surface area contributed by atoms with E-state index in [2.05, 4.69) is 22.2 Å². The second-order valence-electron chi connectivity index (χ2n) is 7.28. The number of aryl methyl sites for hydroxylation is 3. The number of piperidine rings is 1. The number of likely N-dealkylation sites (tertiary alicyclic amines) is 1. The molecule has 1 amide bonds. The Hall–Kier alpha value is -2.08. The van der Waals surface area contributed by atoms with Gasteiger partial charge in [-0.2, -0.15) is 5.10 Å². The molecule has 0 bridgehead atoms. The Bertz CT molecular complexity index is 762. The van der Waals surface area contributed by atoms with Gasteiger partial charge >= 0.3 is 0 Å². The number of hydrogen-bond acceptors (Lipinski definition) is 4. The highest BCUT2D eigenvalue weighted by Gasteiger charge is 2.31. The third kappa shape index (κ3) is 3.79. The number of amides is 1. The van der Waals surface area contributed by atoms with Crippen LogP contribution >= 0.6 is 0 Å². The van der Waals surface area contributed by atoms with Crippen LogP contribution in [0.3, 0.4) is 0 Å². The van der Waals surface area contributed by atoms with E-state index in [0.717, 1.165) is 48.0 Å². The summed E-state index contributed by atoms with van der Waals surface area (Å²) in [6, 6.07) is 4.20. The highest BCUT2D eigenvalue weighted by Crippen LogP contribution is 2.34. The molecule has 1 N–H and O–H groups in total. The molecular formula is C19H28N4O2. The molecule has 6 nitrogen and oxygen atoms in total. The molecule has 1 aliphatic rings. The van der Waals surface area contributed by atoms with Crippen LogP contribution in [0.25, 0.3) is 0 Å². The van der Waals surface area contributed by atoms with E-state index in [0.29, 0.717) is 12.5 Å². The van der Waals surface area contributed by atoms with Crippen molar-refractivity contribution in [3.8, 4) is 0 Å². The third-order valence-electron chi connectivity index (χ3n) is 5.19. The Morgan fingerprint density at radius 2 is 2.12 bits per heavy atom. The fourth-order valence-corrected chi connectivity index (χ4v) is 3.63. The number of aromatic nitrogens is 2. The summed E-state index contributed by atoms with van der Waals surface area (Å²) in [7, 11) is 1.89. The van der Waals surface area contributed by atoms with Crippen LogP contribution in [0.15, 0.2) is 16.5 Å². The van der Waals surface area contributed by atoms with Gasteiger partial charge in [-0.25, -0.2) is 0 Å². The van der Waals surface area contributed by atoms with Crippen LogP contribution < -0.4 is 5.32 Å². The maximum Gasteiger partial charge on any atom is 0.238 e. The number of nitrogens with one attached hydrogen (secondary N) is 1. The van der Waals surface area contributed by atoms with Crippen molar-refractivity contribution >= 4 is 11.6 Å². The molecule has 3 rings (SSSR count). The Morgan fingerprint density at radius 3 is 2.72 bits per heavy atom. The Morgan fingerprint density at radius 1 is 1.36 bits per heavy atom. The number of nitrogens with zero attached hydrogens (tertiary/aromatic N) is 3. The molecule has 0 saturated carbocycles. The van der Waals surface area contributed by atoms with E-state index in [1.165, 1.54) is 0 Å².